The maximum absolute atomic E-state index is 12.3. The van der Waals surface area contributed by atoms with Crippen LogP contribution >= 0.6 is 0 Å². The molecule has 1 saturated heterocycles. The van der Waals surface area contributed by atoms with Crippen LogP contribution < -0.4 is 9.64 Å². The molecule has 1 fully saturated rings. The smallest absolute Gasteiger partial charge is 0.292 e. The number of pyridine rings is 1. The minimum absolute atomic E-state index is 0.0501. The second kappa shape index (κ2) is 6.28. The van der Waals surface area contributed by atoms with Gasteiger partial charge >= 0.3 is 0 Å². The van der Waals surface area contributed by atoms with Crippen LogP contribution in [0.3, 0.4) is 0 Å². The van der Waals surface area contributed by atoms with Gasteiger partial charge in [-0.05, 0) is 19.1 Å². The standard InChI is InChI=1S/C16H20N4O3/c1-11-9-14(23-18-11)16(21)20-8-6-12(10-20)22-13-5-4-7-17-15(13)19(2)3/h4-5,7,9,12H,6,8,10H2,1-3H3. The molecule has 23 heavy (non-hydrogen) atoms. The highest BCUT2D eigenvalue weighted by Crippen LogP contribution is 2.27. The van der Waals surface area contributed by atoms with Crippen LogP contribution in [0.1, 0.15) is 22.7 Å². The van der Waals surface area contributed by atoms with Gasteiger partial charge in [0.1, 0.15) is 6.10 Å². The predicted molar refractivity (Wildman–Crippen MR) is 84.7 cm³/mol. The largest absolute Gasteiger partial charge is 0.485 e. The Bertz CT molecular complexity index is 698. The summed E-state index contributed by atoms with van der Waals surface area (Å²) in [6.07, 6.45) is 2.46. The molecule has 0 aromatic carbocycles. The molecule has 3 rings (SSSR count). The number of nitrogens with zero attached hydrogens (tertiary/aromatic N) is 4. The fourth-order valence-corrected chi connectivity index (χ4v) is 2.62. The Hall–Kier alpha value is -2.57. The quantitative estimate of drug-likeness (QED) is 0.855. The van der Waals surface area contributed by atoms with E-state index in [4.69, 9.17) is 9.26 Å². The van der Waals surface area contributed by atoms with Crippen LogP contribution in [0, 0.1) is 6.92 Å². The van der Waals surface area contributed by atoms with E-state index < -0.39 is 0 Å². The number of carbonyl (C=O) groups excluding carboxylic acids is 1. The third-order valence-electron chi connectivity index (χ3n) is 3.74. The van der Waals surface area contributed by atoms with Crippen molar-refractivity contribution in [2.24, 2.45) is 0 Å². The van der Waals surface area contributed by atoms with Gasteiger partial charge in [0.25, 0.3) is 5.91 Å². The summed E-state index contributed by atoms with van der Waals surface area (Å²) in [7, 11) is 3.85. The summed E-state index contributed by atoms with van der Waals surface area (Å²) in [6, 6.07) is 5.39. The predicted octanol–water partition coefficient (Wildman–Crippen LogP) is 1.74. The van der Waals surface area contributed by atoms with E-state index >= 15 is 0 Å². The van der Waals surface area contributed by atoms with Gasteiger partial charge in [-0.25, -0.2) is 4.98 Å². The molecule has 3 heterocycles. The zero-order valence-corrected chi connectivity index (χ0v) is 13.5. The fraction of sp³-hybridized carbons (Fsp3) is 0.438. The molecule has 122 valence electrons. The zero-order chi connectivity index (χ0) is 16.4. The van der Waals surface area contributed by atoms with E-state index in [1.54, 1.807) is 24.1 Å². The molecule has 1 amide bonds. The van der Waals surface area contributed by atoms with Crippen LogP contribution in [0.4, 0.5) is 5.82 Å². The number of ether oxygens (including phenoxy) is 1. The molecule has 0 spiro atoms. The van der Waals surface area contributed by atoms with E-state index in [0.29, 0.717) is 18.8 Å². The number of hydrogen-bond acceptors (Lipinski definition) is 6. The molecule has 0 radical (unpaired) electrons. The maximum atomic E-state index is 12.3. The summed E-state index contributed by atoms with van der Waals surface area (Å²) in [5, 5.41) is 3.76. The van der Waals surface area contributed by atoms with Crippen molar-refractivity contribution in [2.75, 3.05) is 32.1 Å². The van der Waals surface area contributed by atoms with Crippen molar-refractivity contribution in [2.45, 2.75) is 19.4 Å². The highest BCUT2D eigenvalue weighted by molar-refractivity contribution is 5.91. The van der Waals surface area contributed by atoms with Crippen molar-refractivity contribution in [3.8, 4) is 5.75 Å². The van der Waals surface area contributed by atoms with Crippen molar-refractivity contribution >= 4 is 11.7 Å². The molecule has 0 N–H and O–H groups in total. The highest BCUT2D eigenvalue weighted by atomic mass is 16.5. The van der Waals surface area contributed by atoms with Crippen molar-refractivity contribution in [3.05, 3.63) is 35.9 Å². The monoisotopic (exact) mass is 316 g/mol. The third kappa shape index (κ3) is 3.28. The summed E-state index contributed by atoms with van der Waals surface area (Å²) in [5.74, 6) is 1.64. The Morgan fingerprint density at radius 2 is 2.30 bits per heavy atom. The average Bonchev–Trinajstić information content (AvgIpc) is 3.16. The Kier molecular flexibility index (Phi) is 4.18. The number of anilines is 1. The number of aryl methyl sites for hydroxylation is 1. The van der Waals surface area contributed by atoms with E-state index in [2.05, 4.69) is 10.1 Å². The number of aromatic nitrogens is 2. The van der Waals surface area contributed by atoms with Gasteiger partial charge in [0.2, 0.25) is 5.76 Å². The van der Waals surface area contributed by atoms with Crippen LogP contribution in [0.5, 0.6) is 5.75 Å². The third-order valence-corrected chi connectivity index (χ3v) is 3.74. The minimum Gasteiger partial charge on any atom is -0.485 e. The average molecular weight is 316 g/mol. The molecule has 1 aliphatic rings. The number of hydrogen-bond donors (Lipinski definition) is 0. The SMILES string of the molecule is Cc1cc(C(=O)N2CCC(Oc3cccnc3N(C)C)C2)on1. The number of carbonyl (C=O) groups is 1. The Morgan fingerprint density at radius 1 is 1.48 bits per heavy atom. The van der Waals surface area contributed by atoms with E-state index in [1.807, 2.05) is 31.1 Å². The lowest BCUT2D eigenvalue weighted by Crippen LogP contribution is -2.30. The molecule has 0 aliphatic carbocycles. The molecular weight excluding hydrogens is 296 g/mol. The van der Waals surface area contributed by atoms with Gasteiger partial charge in [0, 0.05) is 39.3 Å². The van der Waals surface area contributed by atoms with E-state index in [-0.39, 0.29) is 17.8 Å². The first-order chi connectivity index (χ1) is 11.0. The van der Waals surface area contributed by atoms with Gasteiger partial charge in [0.05, 0.1) is 12.2 Å². The zero-order valence-electron chi connectivity index (χ0n) is 13.5. The van der Waals surface area contributed by atoms with E-state index in [0.717, 1.165) is 18.0 Å². The minimum atomic E-state index is -0.143. The highest BCUT2D eigenvalue weighted by Gasteiger charge is 2.30. The van der Waals surface area contributed by atoms with Gasteiger partial charge < -0.3 is 19.1 Å². The van der Waals surface area contributed by atoms with E-state index in [9.17, 15) is 4.79 Å². The van der Waals surface area contributed by atoms with Crippen LogP contribution in [0.25, 0.3) is 0 Å². The summed E-state index contributed by atoms with van der Waals surface area (Å²) < 4.78 is 11.1. The molecule has 7 nitrogen and oxygen atoms in total. The Labute approximate surface area is 134 Å². The number of likely N-dealkylation sites (tertiary alicyclic amines) is 1. The van der Waals surface area contributed by atoms with E-state index in [1.165, 1.54) is 0 Å². The lowest BCUT2D eigenvalue weighted by Gasteiger charge is -2.20. The maximum Gasteiger partial charge on any atom is 0.292 e. The molecule has 2 aromatic heterocycles. The first-order valence-corrected chi connectivity index (χ1v) is 7.56. The summed E-state index contributed by atoms with van der Waals surface area (Å²) in [6.45, 7) is 2.96. The van der Waals surface area contributed by atoms with Gasteiger partial charge in [-0.3, -0.25) is 4.79 Å². The summed E-state index contributed by atoms with van der Waals surface area (Å²) >= 11 is 0. The molecular formula is C16H20N4O3. The van der Waals surface area contributed by atoms with Crippen LogP contribution in [0.2, 0.25) is 0 Å². The first-order valence-electron chi connectivity index (χ1n) is 7.56. The topological polar surface area (TPSA) is 71.7 Å². The second-order valence-electron chi connectivity index (χ2n) is 5.83. The lowest BCUT2D eigenvalue weighted by molar-refractivity contribution is 0.0731. The lowest BCUT2D eigenvalue weighted by atomic mass is 10.3. The Morgan fingerprint density at radius 3 is 3.00 bits per heavy atom. The van der Waals surface area contributed by atoms with Crippen molar-refractivity contribution in [3.63, 3.8) is 0 Å². The normalized spacial score (nSPS) is 17.3. The van der Waals surface area contributed by atoms with Crippen molar-refractivity contribution < 1.29 is 14.1 Å². The number of amides is 1. The van der Waals surface area contributed by atoms with Gasteiger partial charge in [-0.15, -0.1) is 0 Å². The number of rotatable bonds is 4. The molecule has 0 saturated carbocycles. The summed E-state index contributed by atoms with van der Waals surface area (Å²) in [5.41, 5.74) is 0.700. The van der Waals surface area contributed by atoms with Crippen molar-refractivity contribution in [1.82, 2.24) is 15.0 Å². The summed E-state index contributed by atoms with van der Waals surface area (Å²) in [4.78, 5) is 20.3. The fourth-order valence-electron chi connectivity index (χ4n) is 2.62. The first kappa shape index (κ1) is 15.3. The van der Waals surface area contributed by atoms with Crippen LogP contribution in [0.15, 0.2) is 28.9 Å². The molecule has 0 bridgehead atoms. The molecule has 2 aromatic rings. The molecule has 1 unspecified atom stereocenters. The van der Waals surface area contributed by atoms with Crippen LogP contribution in [-0.4, -0.2) is 54.2 Å². The van der Waals surface area contributed by atoms with Gasteiger partial charge in [-0.2, -0.15) is 0 Å². The molecule has 1 atom stereocenters. The van der Waals surface area contributed by atoms with Crippen molar-refractivity contribution in [1.29, 1.82) is 0 Å². The van der Waals surface area contributed by atoms with Crippen LogP contribution in [-0.2, 0) is 0 Å². The molecule has 7 heteroatoms. The Balaban J connectivity index is 1.65. The van der Waals surface area contributed by atoms with Gasteiger partial charge in [-0.1, -0.05) is 5.16 Å². The van der Waals surface area contributed by atoms with Gasteiger partial charge in [0.15, 0.2) is 11.6 Å². The second-order valence-corrected chi connectivity index (χ2v) is 5.83. The molecule has 1 aliphatic heterocycles.